The summed E-state index contributed by atoms with van der Waals surface area (Å²) in [6.07, 6.45) is 0.156. The van der Waals surface area contributed by atoms with Crippen LogP contribution < -0.4 is 10.1 Å². The fraction of sp³-hybridized carbons (Fsp3) is 0.333. The lowest BCUT2D eigenvalue weighted by Gasteiger charge is -2.19. The van der Waals surface area contributed by atoms with Crippen molar-refractivity contribution in [3.05, 3.63) is 65.5 Å². The summed E-state index contributed by atoms with van der Waals surface area (Å²) in [4.78, 5) is 0. The van der Waals surface area contributed by atoms with Crippen molar-refractivity contribution < 1.29 is 9.13 Å². The SMILES string of the molecule is CCNC(c1ccc(OC(C)C)cc1)c1cccc(F)c1. The highest BCUT2D eigenvalue weighted by Crippen LogP contribution is 2.25. The monoisotopic (exact) mass is 287 g/mol. The summed E-state index contributed by atoms with van der Waals surface area (Å²) in [5.41, 5.74) is 2.02. The van der Waals surface area contributed by atoms with Gasteiger partial charge in [-0.3, -0.25) is 0 Å². The van der Waals surface area contributed by atoms with Gasteiger partial charge >= 0.3 is 0 Å². The minimum Gasteiger partial charge on any atom is -0.491 e. The summed E-state index contributed by atoms with van der Waals surface area (Å²) in [7, 11) is 0. The Morgan fingerprint density at radius 1 is 1.05 bits per heavy atom. The Labute approximate surface area is 126 Å². The van der Waals surface area contributed by atoms with Crippen molar-refractivity contribution in [1.29, 1.82) is 0 Å². The van der Waals surface area contributed by atoms with E-state index in [1.165, 1.54) is 6.07 Å². The highest BCUT2D eigenvalue weighted by atomic mass is 19.1. The van der Waals surface area contributed by atoms with Crippen LogP contribution in [0.15, 0.2) is 48.5 Å². The zero-order valence-corrected chi connectivity index (χ0v) is 12.8. The molecule has 2 aromatic rings. The molecule has 1 unspecified atom stereocenters. The third-order valence-corrected chi connectivity index (χ3v) is 3.18. The average Bonchev–Trinajstić information content (AvgIpc) is 2.45. The van der Waals surface area contributed by atoms with Crippen LogP contribution in [0.25, 0.3) is 0 Å². The Balaban J connectivity index is 2.26. The number of rotatable bonds is 6. The molecule has 21 heavy (non-hydrogen) atoms. The molecule has 0 aliphatic heterocycles. The zero-order valence-electron chi connectivity index (χ0n) is 12.8. The second kappa shape index (κ2) is 7.23. The minimum atomic E-state index is -0.213. The lowest BCUT2D eigenvalue weighted by atomic mass is 9.98. The molecule has 0 saturated heterocycles. The summed E-state index contributed by atoms with van der Waals surface area (Å²) in [5.74, 6) is 0.637. The van der Waals surface area contributed by atoms with Gasteiger partial charge in [0.25, 0.3) is 0 Å². The van der Waals surface area contributed by atoms with Gasteiger partial charge in [-0.1, -0.05) is 31.2 Å². The smallest absolute Gasteiger partial charge is 0.123 e. The predicted octanol–water partition coefficient (Wildman–Crippen LogP) is 4.31. The molecule has 0 bridgehead atoms. The van der Waals surface area contributed by atoms with Gasteiger partial charge in [-0.25, -0.2) is 4.39 Å². The van der Waals surface area contributed by atoms with Crippen molar-refractivity contribution in [3.63, 3.8) is 0 Å². The fourth-order valence-corrected chi connectivity index (χ4v) is 2.33. The average molecular weight is 287 g/mol. The van der Waals surface area contributed by atoms with E-state index in [0.717, 1.165) is 23.4 Å². The van der Waals surface area contributed by atoms with E-state index in [-0.39, 0.29) is 18.0 Å². The molecule has 0 fully saturated rings. The van der Waals surface area contributed by atoms with E-state index < -0.39 is 0 Å². The van der Waals surface area contributed by atoms with E-state index in [2.05, 4.69) is 5.32 Å². The van der Waals surface area contributed by atoms with Crippen molar-refractivity contribution in [2.75, 3.05) is 6.54 Å². The largest absolute Gasteiger partial charge is 0.491 e. The van der Waals surface area contributed by atoms with Gasteiger partial charge in [0.05, 0.1) is 12.1 Å². The second-order valence-corrected chi connectivity index (χ2v) is 5.28. The van der Waals surface area contributed by atoms with E-state index in [0.29, 0.717) is 0 Å². The summed E-state index contributed by atoms with van der Waals surface area (Å²) in [6.45, 7) is 6.86. The number of hydrogen-bond donors (Lipinski definition) is 1. The van der Waals surface area contributed by atoms with E-state index >= 15 is 0 Å². The summed E-state index contributed by atoms with van der Waals surface area (Å²) in [6, 6.07) is 14.7. The molecule has 0 aromatic heterocycles. The molecule has 2 nitrogen and oxygen atoms in total. The molecule has 0 saturated carbocycles. The van der Waals surface area contributed by atoms with Crippen LogP contribution in [0.2, 0.25) is 0 Å². The lowest BCUT2D eigenvalue weighted by molar-refractivity contribution is 0.242. The molecule has 0 heterocycles. The number of benzene rings is 2. The molecule has 2 rings (SSSR count). The second-order valence-electron chi connectivity index (χ2n) is 5.28. The Kier molecular flexibility index (Phi) is 5.34. The molecule has 0 aliphatic rings. The quantitative estimate of drug-likeness (QED) is 0.854. The normalized spacial score (nSPS) is 12.4. The fourth-order valence-electron chi connectivity index (χ4n) is 2.33. The Morgan fingerprint density at radius 3 is 2.33 bits per heavy atom. The topological polar surface area (TPSA) is 21.3 Å². The summed E-state index contributed by atoms with van der Waals surface area (Å²) >= 11 is 0. The van der Waals surface area contributed by atoms with Crippen LogP contribution in [0.1, 0.15) is 37.9 Å². The standard InChI is InChI=1S/C18H22FNO/c1-4-20-18(15-6-5-7-16(19)12-15)14-8-10-17(11-9-14)21-13(2)3/h5-13,18,20H,4H2,1-3H3. The predicted molar refractivity (Wildman–Crippen MR) is 84.1 cm³/mol. The van der Waals surface area contributed by atoms with Gasteiger partial charge < -0.3 is 10.1 Å². The third-order valence-electron chi connectivity index (χ3n) is 3.18. The van der Waals surface area contributed by atoms with Crippen LogP contribution >= 0.6 is 0 Å². The van der Waals surface area contributed by atoms with Crippen molar-refractivity contribution >= 4 is 0 Å². The molecule has 0 amide bonds. The highest BCUT2D eigenvalue weighted by molar-refractivity contribution is 5.35. The first kappa shape index (κ1) is 15.5. The van der Waals surface area contributed by atoms with Crippen molar-refractivity contribution in [2.24, 2.45) is 0 Å². The number of halogens is 1. The maximum Gasteiger partial charge on any atom is 0.123 e. The molecule has 1 N–H and O–H groups in total. The Bertz CT molecular complexity index is 566. The van der Waals surface area contributed by atoms with E-state index in [9.17, 15) is 4.39 Å². The third kappa shape index (κ3) is 4.30. The molecule has 0 aliphatic carbocycles. The molecule has 1 atom stereocenters. The number of ether oxygens (including phenoxy) is 1. The van der Waals surface area contributed by atoms with Crippen molar-refractivity contribution in [2.45, 2.75) is 32.9 Å². The van der Waals surface area contributed by atoms with Crippen molar-refractivity contribution in [3.8, 4) is 5.75 Å². The Hall–Kier alpha value is -1.87. The highest BCUT2D eigenvalue weighted by Gasteiger charge is 2.13. The van der Waals surface area contributed by atoms with E-state index in [4.69, 9.17) is 4.74 Å². The maximum atomic E-state index is 13.4. The molecule has 0 radical (unpaired) electrons. The molecular weight excluding hydrogens is 265 g/mol. The van der Waals surface area contributed by atoms with E-state index in [1.54, 1.807) is 12.1 Å². The van der Waals surface area contributed by atoms with Crippen LogP contribution in [0, 0.1) is 5.82 Å². The number of nitrogens with one attached hydrogen (secondary N) is 1. The van der Waals surface area contributed by atoms with Crippen LogP contribution in [-0.2, 0) is 0 Å². The maximum absolute atomic E-state index is 13.4. The summed E-state index contributed by atoms with van der Waals surface area (Å²) in [5, 5.41) is 3.40. The molecule has 2 aromatic carbocycles. The molecule has 0 spiro atoms. The first-order chi connectivity index (χ1) is 10.1. The summed E-state index contributed by atoms with van der Waals surface area (Å²) < 4.78 is 19.1. The van der Waals surface area contributed by atoms with Crippen LogP contribution in [0.3, 0.4) is 0 Å². The van der Waals surface area contributed by atoms with Crippen LogP contribution in [0.5, 0.6) is 5.75 Å². The van der Waals surface area contributed by atoms with Crippen LogP contribution in [0.4, 0.5) is 4.39 Å². The zero-order chi connectivity index (χ0) is 15.2. The van der Waals surface area contributed by atoms with E-state index in [1.807, 2.05) is 51.1 Å². The lowest BCUT2D eigenvalue weighted by Crippen LogP contribution is -2.22. The van der Waals surface area contributed by atoms with Gasteiger partial charge in [-0.15, -0.1) is 0 Å². The first-order valence-electron chi connectivity index (χ1n) is 7.35. The van der Waals surface area contributed by atoms with Crippen molar-refractivity contribution in [1.82, 2.24) is 5.32 Å². The van der Waals surface area contributed by atoms with Gasteiger partial charge in [0.1, 0.15) is 11.6 Å². The molecule has 112 valence electrons. The first-order valence-corrected chi connectivity index (χ1v) is 7.35. The Morgan fingerprint density at radius 2 is 1.76 bits per heavy atom. The number of hydrogen-bond acceptors (Lipinski definition) is 2. The molecule has 3 heteroatoms. The van der Waals surface area contributed by atoms with Crippen LogP contribution in [-0.4, -0.2) is 12.6 Å². The van der Waals surface area contributed by atoms with Gasteiger partial charge in [0.2, 0.25) is 0 Å². The van der Waals surface area contributed by atoms with Gasteiger partial charge in [-0.05, 0) is 55.8 Å². The van der Waals surface area contributed by atoms with Gasteiger partial charge in [0.15, 0.2) is 0 Å². The molecular formula is C18H22FNO. The van der Waals surface area contributed by atoms with Gasteiger partial charge in [0, 0.05) is 0 Å². The minimum absolute atomic E-state index is 0.0150. The van der Waals surface area contributed by atoms with Gasteiger partial charge in [-0.2, -0.15) is 0 Å².